The Labute approximate surface area is 157 Å². The fourth-order valence-electron chi connectivity index (χ4n) is 3.00. The molecule has 2 aliphatic rings. The summed E-state index contributed by atoms with van der Waals surface area (Å²) in [5.74, 6) is -0.616. The van der Waals surface area contributed by atoms with Crippen LogP contribution in [0.5, 0.6) is 0 Å². The summed E-state index contributed by atoms with van der Waals surface area (Å²) in [5.41, 5.74) is 0. The number of hydrogen-bond acceptors (Lipinski definition) is 7. The molecule has 2 heterocycles. The van der Waals surface area contributed by atoms with Gasteiger partial charge in [0, 0.05) is 19.6 Å². The van der Waals surface area contributed by atoms with Gasteiger partial charge in [-0.25, -0.2) is 30.7 Å². The number of piperidine rings is 1. The smallest absolute Gasteiger partial charge is 0.349 e. The maximum atomic E-state index is 12.5. The van der Waals surface area contributed by atoms with Gasteiger partial charge in [0.25, 0.3) is 0 Å². The summed E-state index contributed by atoms with van der Waals surface area (Å²) in [5, 5.41) is 1.31. The number of thiophene rings is 1. The molecule has 1 aliphatic heterocycles. The molecule has 1 N–H and O–H groups in total. The molecule has 2 fully saturated rings. The molecule has 3 rings (SSSR count). The first-order valence-electron chi connectivity index (χ1n) is 8.40. The van der Waals surface area contributed by atoms with Gasteiger partial charge in [0.15, 0.2) is 0 Å². The molecule has 0 aromatic carbocycles. The molecule has 146 valence electrons. The Balaban J connectivity index is 1.56. The van der Waals surface area contributed by atoms with Gasteiger partial charge in [0.1, 0.15) is 9.77 Å². The Morgan fingerprint density at radius 3 is 2.46 bits per heavy atom. The monoisotopic (exact) mass is 422 g/mol. The first-order chi connectivity index (χ1) is 12.3. The number of carbonyl (C=O) groups excluding carboxylic acids is 1. The zero-order valence-corrected chi connectivity index (χ0v) is 16.8. The van der Waals surface area contributed by atoms with Crippen molar-refractivity contribution in [3.63, 3.8) is 0 Å². The van der Waals surface area contributed by atoms with E-state index in [0.717, 1.165) is 24.2 Å². The number of sulfonamides is 2. The van der Waals surface area contributed by atoms with Crippen LogP contribution in [-0.4, -0.2) is 59.1 Å². The van der Waals surface area contributed by atoms with Gasteiger partial charge >= 0.3 is 5.97 Å². The summed E-state index contributed by atoms with van der Waals surface area (Å²) in [6.45, 7) is 1.07. The molecule has 0 atom stereocenters. The molecule has 1 saturated carbocycles. The minimum atomic E-state index is -3.82. The van der Waals surface area contributed by atoms with Crippen molar-refractivity contribution in [1.29, 1.82) is 0 Å². The van der Waals surface area contributed by atoms with Gasteiger partial charge < -0.3 is 4.74 Å². The number of methoxy groups -OCH3 is 1. The average Bonchev–Trinajstić information content (AvgIpc) is 3.37. The topological polar surface area (TPSA) is 110 Å². The second kappa shape index (κ2) is 7.55. The molecular formula is C15H22N2O6S3. The lowest BCUT2D eigenvalue weighted by Gasteiger charge is -2.31. The molecule has 0 amide bonds. The van der Waals surface area contributed by atoms with Crippen molar-refractivity contribution in [3.05, 3.63) is 16.3 Å². The molecule has 26 heavy (non-hydrogen) atoms. The van der Waals surface area contributed by atoms with Crippen molar-refractivity contribution in [2.45, 2.75) is 35.8 Å². The highest BCUT2D eigenvalue weighted by atomic mass is 32.2. The number of nitrogens with zero attached hydrogens (tertiary/aromatic N) is 1. The largest absolute Gasteiger partial charge is 0.465 e. The number of esters is 1. The fraction of sp³-hybridized carbons (Fsp3) is 0.667. The predicted molar refractivity (Wildman–Crippen MR) is 97.1 cm³/mol. The number of carbonyl (C=O) groups is 1. The van der Waals surface area contributed by atoms with E-state index in [9.17, 15) is 21.6 Å². The Bertz CT molecular complexity index is 865. The number of nitrogens with one attached hydrogen (secondary N) is 1. The Morgan fingerprint density at radius 1 is 1.23 bits per heavy atom. The van der Waals surface area contributed by atoms with Crippen LogP contribution < -0.4 is 4.72 Å². The first-order valence-corrected chi connectivity index (χ1v) is 12.3. The molecule has 11 heteroatoms. The molecule has 0 bridgehead atoms. The van der Waals surface area contributed by atoms with Crippen LogP contribution in [0.4, 0.5) is 0 Å². The lowest BCUT2D eigenvalue weighted by molar-refractivity contribution is 0.0602. The van der Waals surface area contributed by atoms with Crippen LogP contribution in [-0.2, 0) is 24.8 Å². The molecule has 0 unspecified atom stereocenters. The second-order valence-electron chi connectivity index (χ2n) is 6.54. The van der Waals surface area contributed by atoms with Crippen molar-refractivity contribution < 1.29 is 26.4 Å². The number of rotatable bonds is 7. The van der Waals surface area contributed by atoms with Gasteiger partial charge in [-0.1, -0.05) is 0 Å². The minimum Gasteiger partial charge on any atom is -0.465 e. The summed E-state index contributed by atoms with van der Waals surface area (Å²) in [7, 11) is -5.78. The lowest BCUT2D eigenvalue weighted by atomic mass is 9.99. The maximum Gasteiger partial charge on any atom is 0.349 e. The van der Waals surface area contributed by atoms with Crippen molar-refractivity contribution in [3.8, 4) is 0 Å². The average molecular weight is 423 g/mol. The van der Waals surface area contributed by atoms with Gasteiger partial charge in [0.2, 0.25) is 20.0 Å². The molecule has 1 aliphatic carbocycles. The van der Waals surface area contributed by atoms with E-state index >= 15 is 0 Å². The summed E-state index contributed by atoms with van der Waals surface area (Å²) < 4.78 is 58.1. The molecule has 1 aromatic rings. The van der Waals surface area contributed by atoms with Crippen molar-refractivity contribution in [2.75, 3.05) is 26.7 Å². The van der Waals surface area contributed by atoms with E-state index in [-0.39, 0.29) is 27.5 Å². The Hall–Kier alpha value is -1.01. The molecule has 0 spiro atoms. The SMILES string of the molecule is COC(=O)c1sccc1S(=O)(=O)NCC1CCN(S(=O)(=O)C2CC2)CC1. The normalized spacial score (nSPS) is 20.2. The third-order valence-electron chi connectivity index (χ3n) is 4.73. The van der Waals surface area contributed by atoms with E-state index in [1.54, 1.807) is 0 Å². The van der Waals surface area contributed by atoms with Gasteiger partial charge in [-0.3, -0.25) is 0 Å². The van der Waals surface area contributed by atoms with E-state index < -0.39 is 26.0 Å². The van der Waals surface area contributed by atoms with E-state index in [1.807, 2.05) is 0 Å². The van der Waals surface area contributed by atoms with Crippen LogP contribution in [0.1, 0.15) is 35.4 Å². The van der Waals surface area contributed by atoms with Gasteiger partial charge in [-0.15, -0.1) is 11.3 Å². The summed E-state index contributed by atoms with van der Waals surface area (Å²) in [6.07, 6.45) is 2.71. The van der Waals surface area contributed by atoms with Gasteiger partial charge in [-0.05, 0) is 43.0 Å². The second-order valence-corrected chi connectivity index (χ2v) is 11.4. The zero-order valence-electron chi connectivity index (χ0n) is 14.4. The van der Waals surface area contributed by atoms with Crippen LogP contribution in [0.2, 0.25) is 0 Å². The van der Waals surface area contributed by atoms with Crippen molar-refractivity contribution in [1.82, 2.24) is 9.03 Å². The highest BCUT2D eigenvalue weighted by Crippen LogP contribution is 2.33. The highest BCUT2D eigenvalue weighted by molar-refractivity contribution is 7.90. The summed E-state index contributed by atoms with van der Waals surface area (Å²) >= 11 is 1.02. The summed E-state index contributed by atoms with van der Waals surface area (Å²) in [6, 6.07) is 1.38. The van der Waals surface area contributed by atoms with Gasteiger partial charge in [0.05, 0.1) is 12.4 Å². The molecule has 1 saturated heterocycles. The van der Waals surface area contributed by atoms with E-state index in [0.29, 0.717) is 25.9 Å². The predicted octanol–water partition coefficient (Wildman–Crippen LogP) is 1.02. The standard InChI is InChI=1S/C15H22N2O6S3/c1-23-15(18)14-13(6-9-24-14)25(19,20)16-10-11-4-7-17(8-5-11)26(21,22)12-2-3-12/h6,9,11-12,16H,2-5,7-8,10H2,1H3. The zero-order chi connectivity index (χ0) is 18.9. The van der Waals surface area contributed by atoms with Gasteiger partial charge in [-0.2, -0.15) is 0 Å². The minimum absolute atomic E-state index is 0.0466. The molecule has 0 radical (unpaired) electrons. The lowest BCUT2D eigenvalue weighted by Crippen LogP contribution is -2.42. The van der Waals surface area contributed by atoms with E-state index in [4.69, 9.17) is 0 Å². The number of ether oxygens (including phenoxy) is 1. The molecule has 1 aromatic heterocycles. The third kappa shape index (κ3) is 4.11. The van der Waals surface area contributed by atoms with E-state index in [2.05, 4.69) is 9.46 Å². The Morgan fingerprint density at radius 2 is 1.88 bits per heavy atom. The van der Waals surface area contributed by atoms with Crippen LogP contribution in [0.25, 0.3) is 0 Å². The van der Waals surface area contributed by atoms with Crippen molar-refractivity contribution >= 4 is 37.4 Å². The van der Waals surface area contributed by atoms with Crippen molar-refractivity contribution in [2.24, 2.45) is 5.92 Å². The van der Waals surface area contributed by atoms with Crippen LogP contribution in [0.15, 0.2) is 16.3 Å². The molecular weight excluding hydrogens is 400 g/mol. The fourth-order valence-corrected chi connectivity index (χ4v) is 7.32. The number of hydrogen-bond donors (Lipinski definition) is 1. The quantitative estimate of drug-likeness (QED) is 0.657. The summed E-state index contributed by atoms with van der Waals surface area (Å²) in [4.78, 5) is 11.6. The van der Waals surface area contributed by atoms with E-state index in [1.165, 1.54) is 22.9 Å². The molecule has 8 nitrogen and oxygen atoms in total. The van der Waals surface area contributed by atoms with Crippen LogP contribution in [0.3, 0.4) is 0 Å². The maximum absolute atomic E-state index is 12.5. The first kappa shape index (κ1) is 19.7. The highest BCUT2D eigenvalue weighted by Gasteiger charge is 2.41. The third-order valence-corrected chi connectivity index (χ3v) is 9.62. The van der Waals surface area contributed by atoms with Crippen LogP contribution >= 0.6 is 11.3 Å². The Kier molecular flexibility index (Phi) is 5.73. The van der Waals surface area contributed by atoms with Crippen LogP contribution in [0, 0.1) is 5.92 Å².